The molecule has 0 atom stereocenters. The van der Waals surface area contributed by atoms with Crippen molar-refractivity contribution in [1.82, 2.24) is 0 Å². The lowest BCUT2D eigenvalue weighted by molar-refractivity contribution is 0.0945. The van der Waals surface area contributed by atoms with Crippen molar-refractivity contribution in [3.05, 3.63) is 51.4 Å². The smallest absolute Gasteiger partial charge is 0.229 e. The summed E-state index contributed by atoms with van der Waals surface area (Å²) in [7, 11) is 0. The molecule has 0 fully saturated rings. The number of benzene rings is 1. The Hall–Kier alpha value is -2.40. The van der Waals surface area contributed by atoms with E-state index < -0.39 is 23.1 Å². The van der Waals surface area contributed by atoms with E-state index in [4.69, 9.17) is 16.0 Å². The van der Waals surface area contributed by atoms with Crippen molar-refractivity contribution >= 4 is 29.0 Å². The maximum Gasteiger partial charge on any atom is 0.229 e. The van der Waals surface area contributed by atoms with Crippen molar-refractivity contribution in [3.8, 4) is 5.75 Å². The lowest BCUT2D eigenvalue weighted by Gasteiger charge is -2.14. The standard InChI is InChI=1S/C14H7ClO5/c1-5(16)9-4-7-11(17)10-6(12(18)14(7)20-9)2-3-8(15)13(10)19/h2-4,19H,1H3. The van der Waals surface area contributed by atoms with Crippen LogP contribution in [0.1, 0.15) is 49.5 Å². The zero-order valence-corrected chi connectivity index (χ0v) is 10.9. The Morgan fingerprint density at radius 1 is 1.20 bits per heavy atom. The lowest BCUT2D eigenvalue weighted by Crippen LogP contribution is -2.19. The maximum atomic E-state index is 12.3. The number of carbonyl (C=O) groups is 3. The van der Waals surface area contributed by atoms with Crippen LogP contribution in [0.3, 0.4) is 0 Å². The summed E-state index contributed by atoms with van der Waals surface area (Å²) in [5.74, 6) is -2.26. The van der Waals surface area contributed by atoms with Gasteiger partial charge in [-0.25, -0.2) is 0 Å². The van der Waals surface area contributed by atoms with E-state index in [0.29, 0.717) is 0 Å². The molecule has 1 heterocycles. The first-order valence-electron chi connectivity index (χ1n) is 5.67. The van der Waals surface area contributed by atoms with Gasteiger partial charge in [-0.3, -0.25) is 14.4 Å². The second-order valence-corrected chi connectivity index (χ2v) is 4.79. The van der Waals surface area contributed by atoms with Gasteiger partial charge in [0.2, 0.25) is 11.6 Å². The number of hydrogen-bond donors (Lipinski definition) is 1. The highest BCUT2D eigenvalue weighted by atomic mass is 35.5. The maximum absolute atomic E-state index is 12.3. The van der Waals surface area contributed by atoms with Gasteiger partial charge in [-0.2, -0.15) is 0 Å². The van der Waals surface area contributed by atoms with Crippen LogP contribution in [-0.4, -0.2) is 22.5 Å². The van der Waals surface area contributed by atoms with Crippen LogP contribution in [0.5, 0.6) is 5.75 Å². The Morgan fingerprint density at radius 3 is 2.55 bits per heavy atom. The molecule has 0 saturated heterocycles. The lowest BCUT2D eigenvalue weighted by atomic mass is 9.88. The molecule has 0 spiro atoms. The molecule has 1 aromatic carbocycles. The van der Waals surface area contributed by atoms with E-state index in [1.54, 1.807) is 0 Å². The van der Waals surface area contributed by atoms with E-state index in [0.717, 1.165) is 0 Å². The average molecular weight is 291 g/mol. The molecule has 1 aliphatic rings. The first-order valence-corrected chi connectivity index (χ1v) is 6.05. The summed E-state index contributed by atoms with van der Waals surface area (Å²) in [6.45, 7) is 1.26. The van der Waals surface area contributed by atoms with E-state index in [2.05, 4.69) is 0 Å². The molecule has 0 saturated carbocycles. The third kappa shape index (κ3) is 1.53. The van der Waals surface area contributed by atoms with Gasteiger partial charge in [-0.1, -0.05) is 11.6 Å². The van der Waals surface area contributed by atoms with Gasteiger partial charge in [0.05, 0.1) is 16.1 Å². The van der Waals surface area contributed by atoms with Gasteiger partial charge in [-0.05, 0) is 18.2 Å². The molecular weight excluding hydrogens is 284 g/mol. The topological polar surface area (TPSA) is 84.6 Å². The minimum absolute atomic E-state index is 0.00820. The predicted octanol–water partition coefficient (Wildman–Crippen LogP) is 2.62. The Morgan fingerprint density at radius 2 is 1.90 bits per heavy atom. The third-order valence-electron chi connectivity index (χ3n) is 3.13. The normalized spacial score (nSPS) is 13.1. The summed E-state index contributed by atoms with van der Waals surface area (Å²) < 4.78 is 5.14. The Balaban J connectivity index is 2.31. The average Bonchev–Trinajstić information content (AvgIpc) is 2.85. The van der Waals surface area contributed by atoms with Crippen LogP contribution in [0.15, 0.2) is 22.6 Å². The molecule has 0 bridgehead atoms. The number of ketones is 3. The number of hydrogen-bond acceptors (Lipinski definition) is 5. The van der Waals surface area contributed by atoms with Crippen LogP contribution in [0.2, 0.25) is 5.02 Å². The van der Waals surface area contributed by atoms with E-state index in [1.807, 2.05) is 0 Å². The number of fused-ring (bicyclic) bond motifs is 2. The Kier molecular flexibility index (Phi) is 2.55. The molecule has 2 aromatic rings. The molecule has 0 radical (unpaired) electrons. The van der Waals surface area contributed by atoms with Gasteiger partial charge >= 0.3 is 0 Å². The minimum Gasteiger partial charge on any atom is -0.506 e. The van der Waals surface area contributed by atoms with Crippen LogP contribution in [0, 0.1) is 0 Å². The van der Waals surface area contributed by atoms with Gasteiger partial charge < -0.3 is 9.52 Å². The molecule has 1 aromatic heterocycles. The molecule has 3 rings (SSSR count). The summed E-state index contributed by atoms with van der Waals surface area (Å²) >= 11 is 5.75. The summed E-state index contributed by atoms with van der Waals surface area (Å²) in [6.07, 6.45) is 0. The van der Waals surface area contributed by atoms with Gasteiger partial charge in [0.15, 0.2) is 17.3 Å². The summed E-state index contributed by atoms with van der Waals surface area (Å²) in [6, 6.07) is 3.87. The molecule has 100 valence electrons. The van der Waals surface area contributed by atoms with Crippen LogP contribution in [0.4, 0.5) is 0 Å². The second-order valence-electron chi connectivity index (χ2n) is 4.39. The van der Waals surface area contributed by atoms with Gasteiger partial charge in [0.1, 0.15) is 5.75 Å². The number of phenolic OH excluding ortho intramolecular Hbond substituents is 1. The molecule has 1 N–H and O–H groups in total. The van der Waals surface area contributed by atoms with Crippen LogP contribution < -0.4 is 0 Å². The Labute approximate surface area is 117 Å². The fraction of sp³-hybridized carbons (Fsp3) is 0.0714. The third-order valence-corrected chi connectivity index (χ3v) is 3.44. The highest BCUT2D eigenvalue weighted by Crippen LogP contribution is 2.37. The molecule has 0 amide bonds. The SMILES string of the molecule is CC(=O)c1cc2c(o1)C(=O)c1ccc(Cl)c(O)c1C2=O. The molecule has 0 unspecified atom stereocenters. The van der Waals surface area contributed by atoms with E-state index in [1.165, 1.54) is 25.1 Å². The first-order chi connectivity index (χ1) is 9.41. The predicted molar refractivity (Wildman–Crippen MR) is 68.7 cm³/mol. The first kappa shape index (κ1) is 12.6. The molecular formula is C14H7ClO5. The van der Waals surface area contributed by atoms with Crippen molar-refractivity contribution in [2.45, 2.75) is 6.92 Å². The number of carbonyl (C=O) groups excluding carboxylic acids is 3. The van der Waals surface area contributed by atoms with Crippen LogP contribution >= 0.6 is 11.6 Å². The van der Waals surface area contributed by atoms with Gasteiger partial charge in [-0.15, -0.1) is 0 Å². The van der Waals surface area contributed by atoms with Crippen molar-refractivity contribution in [2.75, 3.05) is 0 Å². The highest BCUT2D eigenvalue weighted by molar-refractivity contribution is 6.35. The van der Waals surface area contributed by atoms with E-state index >= 15 is 0 Å². The fourth-order valence-corrected chi connectivity index (χ4v) is 2.30. The highest BCUT2D eigenvalue weighted by Gasteiger charge is 2.36. The number of aromatic hydroxyl groups is 1. The second kappa shape index (κ2) is 4.05. The monoisotopic (exact) mass is 290 g/mol. The summed E-state index contributed by atoms with van der Waals surface area (Å²) in [5, 5.41) is 9.85. The molecule has 20 heavy (non-hydrogen) atoms. The number of Topliss-reactive ketones (excluding diaryl/α,β-unsaturated/α-hetero) is 1. The van der Waals surface area contributed by atoms with Crippen molar-refractivity contribution < 1.29 is 23.9 Å². The van der Waals surface area contributed by atoms with Gasteiger partial charge in [0.25, 0.3) is 0 Å². The molecule has 6 heteroatoms. The molecule has 0 aliphatic heterocycles. The van der Waals surface area contributed by atoms with Crippen molar-refractivity contribution in [3.63, 3.8) is 0 Å². The molecule has 1 aliphatic carbocycles. The number of halogens is 1. The Bertz CT molecular complexity index is 800. The summed E-state index contributed by atoms with van der Waals surface area (Å²) in [5.41, 5.74) is -0.190. The summed E-state index contributed by atoms with van der Waals surface area (Å²) in [4.78, 5) is 35.8. The van der Waals surface area contributed by atoms with E-state index in [9.17, 15) is 19.5 Å². The minimum atomic E-state index is -0.592. The van der Waals surface area contributed by atoms with Gasteiger partial charge in [0, 0.05) is 12.5 Å². The molecule has 5 nitrogen and oxygen atoms in total. The quantitative estimate of drug-likeness (QED) is 0.696. The van der Waals surface area contributed by atoms with E-state index in [-0.39, 0.29) is 33.2 Å². The zero-order chi connectivity index (χ0) is 14.6. The number of phenols is 1. The number of furan rings is 1. The van der Waals surface area contributed by atoms with Crippen molar-refractivity contribution in [1.29, 1.82) is 0 Å². The van der Waals surface area contributed by atoms with Crippen LogP contribution in [-0.2, 0) is 0 Å². The zero-order valence-electron chi connectivity index (χ0n) is 10.2. The largest absolute Gasteiger partial charge is 0.506 e. The van der Waals surface area contributed by atoms with Crippen LogP contribution in [0.25, 0.3) is 0 Å². The fourth-order valence-electron chi connectivity index (χ4n) is 2.14. The van der Waals surface area contributed by atoms with Crippen molar-refractivity contribution in [2.24, 2.45) is 0 Å². The number of rotatable bonds is 1.